The van der Waals surface area contributed by atoms with Crippen LogP contribution < -0.4 is 5.32 Å². The Kier molecular flexibility index (Phi) is 6.60. The lowest BCUT2D eigenvalue weighted by molar-refractivity contribution is -0.160. The quantitative estimate of drug-likeness (QED) is 0.350. The highest BCUT2D eigenvalue weighted by Crippen LogP contribution is 2.53. The van der Waals surface area contributed by atoms with E-state index in [-0.39, 0.29) is 71.9 Å². The van der Waals surface area contributed by atoms with E-state index < -0.39 is 24.2 Å². The Balaban J connectivity index is 1.45. The molecule has 3 fully saturated rings. The fourth-order valence-electron chi connectivity index (χ4n) is 5.68. The fraction of sp³-hybridized carbons (Fsp3) is 0.727. The van der Waals surface area contributed by atoms with Crippen molar-refractivity contribution in [3.05, 3.63) is 10.6 Å². The first-order valence-corrected chi connectivity index (χ1v) is 12.2. The number of thioether (sulfide) groups is 1. The normalized spacial score (nSPS) is 36.8. The molecule has 0 aromatic rings. The van der Waals surface area contributed by atoms with Gasteiger partial charge in [-0.05, 0) is 19.3 Å². The number of likely N-dealkylation sites (tertiary alicyclic amines) is 1. The maximum atomic E-state index is 12.9. The van der Waals surface area contributed by atoms with Gasteiger partial charge in [0.2, 0.25) is 11.8 Å². The van der Waals surface area contributed by atoms with E-state index in [2.05, 4.69) is 5.32 Å². The number of β-amino-alcohol motifs (C(OH)–C–C–N with tert-alkyl or cyclic N) is 2. The van der Waals surface area contributed by atoms with E-state index >= 15 is 0 Å². The molecule has 0 spiro atoms. The minimum absolute atomic E-state index is 0.00574. The van der Waals surface area contributed by atoms with Gasteiger partial charge in [0.1, 0.15) is 11.5 Å². The highest BCUT2D eigenvalue weighted by molar-refractivity contribution is 8.03. The van der Waals surface area contributed by atoms with Gasteiger partial charge in [0.25, 0.3) is 0 Å². The lowest BCUT2D eigenvalue weighted by Crippen LogP contribution is -2.62. The molecule has 10 nitrogen and oxygen atoms in total. The largest absolute Gasteiger partial charge is 0.477 e. The smallest absolute Gasteiger partial charge is 0.353 e. The fourth-order valence-corrected chi connectivity index (χ4v) is 7.16. The first-order chi connectivity index (χ1) is 15.5. The topological polar surface area (TPSA) is 147 Å². The molecule has 33 heavy (non-hydrogen) atoms. The molecule has 3 saturated heterocycles. The number of hydrogen-bond donors (Lipinski definition) is 4. The van der Waals surface area contributed by atoms with Crippen molar-refractivity contribution in [2.24, 2.45) is 17.8 Å². The van der Waals surface area contributed by atoms with E-state index in [1.807, 2.05) is 13.8 Å². The molecule has 4 aliphatic rings. The van der Waals surface area contributed by atoms with Crippen molar-refractivity contribution in [2.45, 2.75) is 63.2 Å². The van der Waals surface area contributed by atoms with Gasteiger partial charge in [0.15, 0.2) is 0 Å². The second kappa shape index (κ2) is 9.01. The van der Waals surface area contributed by atoms with Crippen molar-refractivity contribution in [2.75, 3.05) is 19.6 Å². The molecule has 0 aromatic carbocycles. The van der Waals surface area contributed by atoms with Crippen molar-refractivity contribution in [3.63, 3.8) is 0 Å². The molecule has 11 heteroatoms. The Morgan fingerprint density at radius 2 is 1.85 bits per heavy atom. The average molecular weight is 482 g/mol. The number of carbonyl (C=O) groups excluding carboxylic acids is 3. The van der Waals surface area contributed by atoms with Gasteiger partial charge in [-0.15, -0.1) is 11.8 Å². The predicted octanol–water partition coefficient (Wildman–Crippen LogP) is -0.598. The maximum Gasteiger partial charge on any atom is 0.353 e. The number of aliphatic hydroxyl groups excluding tert-OH is 2. The summed E-state index contributed by atoms with van der Waals surface area (Å²) >= 11 is 1.41. The summed E-state index contributed by atoms with van der Waals surface area (Å²) in [6, 6.07) is -0.729. The number of ketones is 1. The molecule has 8 atom stereocenters. The van der Waals surface area contributed by atoms with Gasteiger partial charge in [0, 0.05) is 42.1 Å². The van der Waals surface area contributed by atoms with Crippen molar-refractivity contribution in [1.82, 2.24) is 15.1 Å². The van der Waals surface area contributed by atoms with E-state index in [4.69, 9.17) is 0 Å². The van der Waals surface area contributed by atoms with Crippen molar-refractivity contribution < 1.29 is 34.5 Å². The third-order valence-corrected chi connectivity index (χ3v) is 8.78. The standard InChI is InChI=1S/C22H31N3O7S/c1-9(4-10(2)26)16-17-11(3)19(18(22(31)32)25(17)21(16)30)33-12-5-13(23-6-12)20(29)24-7-14(27)15(28)8-24/h9,11-17,23,27-28H,4-8H2,1-3H3,(H,31,32)/t9-,11+,12-,13-,14-,15+,16+,17+/m0/s1. The SMILES string of the molecule is CC(=O)C[C@H](C)[C@H]1C(=O)N2C(C(=O)O)=C(S[C@@H]3CN[C@H](C(=O)N4C[C@@H](O)[C@@H](O)C4)C3)[C@H](C)[C@H]12. The number of amides is 2. The van der Waals surface area contributed by atoms with E-state index in [1.165, 1.54) is 28.5 Å². The summed E-state index contributed by atoms with van der Waals surface area (Å²) in [7, 11) is 0. The number of carboxylic acid groups (broad SMARTS) is 1. The second-order valence-corrected chi connectivity index (χ2v) is 11.1. The molecule has 182 valence electrons. The first kappa shape index (κ1) is 24.2. The molecule has 4 aliphatic heterocycles. The van der Waals surface area contributed by atoms with E-state index in [1.54, 1.807) is 0 Å². The molecule has 4 heterocycles. The Labute approximate surface area is 196 Å². The zero-order valence-electron chi connectivity index (χ0n) is 18.9. The van der Waals surface area contributed by atoms with Crippen LogP contribution in [-0.2, 0) is 19.2 Å². The number of Topliss-reactive ketones (excluding diaryl/α,β-unsaturated/α-hetero) is 1. The van der Waals surface area contributed by atoms with Gasteiger partial charge in [-0.1, -0.05) is 13.8 Å². The lowest BCUT2D eigenvalue weighted by Gasteiger charge is -2.47. The van der Waals surface area contributed by atoms with Crippen LogP contribution in [0.4, 0.5) is 0 Å². The maximum absolute atomic E-state index is 12.9. The summed E-state index contributed by atoms with van der Waals surface area (Å²) in [6.45, 7) is 5.98. The van der Waals surface area contributed by atoms with Gasteiger partial charge >= 0.3 is 5.97 Å². The number of rotatable bonds is 7. The molecule has 0 unspecified atom stereocenters. The highest BCUT2D eigenvalue weighted by atomic mass is 32.2. The molecular weight excluding hydrogens is 450 g/mol. The van der Waals surface area contributed by atoms with Crippen LogP contribution in [0.3, 0.4) is 0 Å². The van der Waals surface area contributed by atoms with Gasteiger partial charge in [-0.3, -0.25) is 9.59 Å². The summed E-state index contributed by atoms with van der Waals surface area (Å²) in [4.78, 5) is 52.7. The first-order valence-electron chi connectivity index (χ1n) is 11.4. The van der Waals surface area contributed by atoms with Crippen LogP contribution in [0.25, 0.3) is 0 Å². The molecule has 0 aliphatic carbocycles. The molecule has 0 aromatic heterocycles. The average Bonchev–Trinajstić information content (AvgIpc) is 3.38. The molecule has 4 N–H and O–H groups in total. The van der Waals surface area contributed by atoms with Gasteiger partial charge < -0.3 is 35.2 Å². The molecule has 0 bridgehead atoms. The number of nitrogens with zero attached hydrogens (tertiary/aromatic N) is 2. The third kappa shape index (κ3) is 4.20. The second-order valence-electron chi connectivity index (χ2n) is 9.73. The number of β-lactam (4-membered cyclic amide) rings is 1. The summed E-state index contributed by atoms with van der Waals surface area (Å²) in [5.41, 5.74) is 0.0225. The predicted molar refractivity (Wildman–Crippen MR) is 119 cm³/mol. The van der Waals surface area contributed by atoms with Crippen LogP contribution >= 0.6 is 11.8 Å². The Morgan fingerprint density at radius 3 is 2.42 bits per heavy atom. The van der Waals surface area contributed by atoms with Crippen molar-refractivity contribution in [1.29, 1.82) is 0 Å². The number of carboxylic acids is 1. The number of hydrogen-bond acceptors (Lipinski definition) is 8. The van der Waals surface area contributed by atoms with E-state index in [0.717, 1.165) is 0 Å². The summed E-state index contributed by atoms with van der Waals surface area (Å²) < 4.78 is 0. The zero-order valence-corrected chi connectivity index (χ0v) is 19.7. The number of nitrogens with one attached hydrogen (secondary N) is 1. The van der Waals surface area contributed by atoms with Gasteiger partial charge in [-0.2, -0.15) is 0 Å². The number of aliphatic hydroxyl groups is 2. The zero-order chi connectivity index (χ0) is 24.2. The van der Waals surface area contributed by atoms with Crippen LogP contribution in [0.5, 0.6) is 0 Å². The monoisotopic (exact) mass is 481 g/mol. The minimum atomic E-state index is -1.14. The van der Waals surface area contributed by atoms with Gasteiger partial charge in [-0.25, -0.2) is 4.79 Å². The van der Waals surface area contributed by atoms with Crippen LogP contribution in [0.1, 0.15) is 33.6 Å². The summed E-state index contributed by atoms with van der Waals surface area (Å²) in [6.07, 6.45) is -1.11. The van der Waals surface area contributed by atoms with Crippen LogP contribution in [0, 0.1) is 17.8 Å². The van der Waals surface area contributed by atoms with Crippen LogP contribution in [-0.4, -0.2) is 97.9 Å². The van der Waals surface area contributed by atoms with Gasteiger partial charge in [0.05, 0.1) is 30.2 Å². The summed E-state index contributed by atoms with van der Waals surface area (Å²) in [5, 5.41) is 32.4. The number of aliphatic carboxylic acids is 1. The Bertz CT molecular complexity index is 898. The van der Waals surface area contributed by atoms with E-state index in [9.17, 15) is 34.5 Å². The van der Waals surface area contributed by atoms with Crippen LogP contribution in [0.15, 0.2) is 10.6 Å². The minimum Gasteiger partial charge on any atom is -0.477 e. The lowest BCUT2D eigenvalue weighted by atomic mass is 9.73. The molecule has 0 saturated carbocycles. The Hall–Kier alpha value is -1.95. The number of fused-ring (bicyclic) bond motifs is 1. The highest BCUT2D eigenvalue weighted by Gasteiger charge is 2.60. The Morgan fingerprint density at radius 1 is 1.21 bits per heavy atom. The molecular formula is C22H31N3O7S. The van der Waals surface area contributed by atoms with Crippen LogP contribution in [0.2, 0.25) is 0 Å². The molecule has 4 rings (SSSR count). The number of carbonyl (C=O) groups is 4. The third-order valence-electron chi connectivity index (χ3n) is 7.27. The van der Waals surface area contributed by atoms with Crippen molar-refractivity contribution >= 4 is 35.3 Å². The molecule has 0 radical (unpaired) electrons. The molecule has 2 amide bonds. The van der Waals surface area contributed by atoms with Crippen molar-refractivity contribution in [3.8, 4) is 0 Å². The summed E-state index contributed by atoms with van der Waals surface area (Å²) in [5.74, 6) is -2.26. The van der Waals surface area contributed by atoms with E-state index in [0.29, 0.717) is 17.9 Å².